The largest absolute Gasteiger partial charge is 0.0882 e. The van der Waals surface area contributed by atoms with Crippen LogP contribution in [0.3, 0.4) is 0 Å². The molecule has 1 radical (unpaired) electrons. The fourth-order valence-corrected chi connectivity index (χ4v) is 1.35. The van der Waals surface area contributed by atoms with E-state index in [0.717, 1.165) is 19.3 Å². The van der Waals surface area contributed by atoms with Crippen LogP contribution in [-0.4, -0.2) is 0 Å². The zero-order valence-electron chi connectivity index (χ0n) is 8.28. The van der Waals surface area contributed by atoms with E-state index in [0.29, 0.717) is 0 Å². The molecule has 1 aliphatic rings. The summed E-state index contributed by atoms with van der Waals surface area (Å²) in [5, 5.41) is 0. The Morgan fingerprint density at radius 1 is 0.538 bits per heavy atom. The van der Waals surface area contributed by atoms with Gasteiger partial charge < -0.3 is 0 Å². The molecule has 0 saturated carbocycles. The van der Waals surface area contributed by atoms with E-state index in [1.54, 1.807) is 0 Å². The molecule has 0 heteroatoms. The maximum atomic E-state index is 2.37. The van der Waals surface area contributed by atoms with Crippen LogP contribution >= 0.6 is 0 Å². The molecule has 0 bridgehead atoms. The maximum absolute atomic E-state index is 2.37. The first kappa shape index (κ1) is 10.3. The lowest BCUT2D eigenvalue weighted by Gasteiger charge is -1.93. The highest BCUT2D eigenvalue weighted by molar-refractivity contribution is 4.98. The summed E-state index contributed by atoms with van der Waals surface area (Å²) in [6.07, 6.45) is 23.0. The van der Waals surface area contributed by atoms with Crippen molar-refractivity contribution in [3.05, 3.63) is 42.9 Å². The molecule has 71 valence electrons. The third kappa shape index (κ3) is 6.39. The van der Waals surface area contributed by atoms with E-state index in [1.807, 2.05) is 0 Å². The molecule has 0 nitrogen and oxygen atoms in total. The third-order valence-electron chi connectivity index (χ3n) is 2.13. The van der Waals surface area contributed by atoms with Gasteiger partial charge in [-0.2, -0.15) is 0 Å². The van der Waals surface area contributed by atoms with Gasteiger partial charge in [0.2, 0.25) is 0 Å². The van der Waals surface area contributed by atoms with Crippen molar-refractivity contribution in [2.75, 3.05) is 0 Å². The number of hydrogen-bond donors (Lipinski definition) is 0. The third-order valence-corrected chi connectivity index (χ3v) is 2.13. The summed E-state index contributed by atoms with van der Waals surface area (Å²) in [5.41, 5.74) is 0. The molecule has 0 aromatic carbocycles. The van der Waals surface area contributed by atoms with Crippen molar-refractivity contribution in [2.24, 2.45) is 0 Å². The summed E-state index contributed by atoms with van der Waals surface area (Å²) in [5.74, 6) is 0. The van der Waals surface area contributed by atoms with Crippen LogP contribution < -0.4 is 0 Å². The van der Waals surface area contributed by atoms with Crippen molar-refractivity contribution >= 4 is 0 Å². The first-order valence-corrected chi connectivity index (χ1v) is 5.27. The Hall–Kier alpha value is -0.780. The molecule has 0 aromatic heterocycles. The van der Waals surface area contributed by atoms with Crippen LogP contribution in [0, 0.1) is 6.42 Å². The van der Waals surface area contributed by atoms with Crippen LogP contribution in [-0.2, 0) is 0 Å². The lowest BCUT2D eigenvalue weighted by Crippen LogP contribution is -1.75. The first-order valence-electron chi connectivity index (χ1n) is 5.27. The molecule has 0 aliphatic heterocycles. The molecular formula is C13H19. The summed E-state index contributed by atoms with van der Waals surface area (Å²) in [6.45, 7) is 0. The van der Waals surface area contributed by atoms with Gasteiger partial charge in [-0.3, -0.25) is 0 Å². The topological polar surface area (TPSA) is 0 Å². The SMILES string of the molecule is [CH]1C/C=C\C/C=C\C/C=C\CCC1. The van der Waals surface area contributed by atoms with Crippen LogP contribution in [0.4, 0.5) is 0 Å². The van der Waals surface area contributed by atoms with Gasteiger partial charge >= 0.3 is 0 Å². The second-order valence-electron chi connectivity index (χ2n) is 3.34. The van der Waals surface area contributed by atoms with Crippen molar-refractivity contribution < 1.29 is 0 Å². The molecule has 0 heterocycles. The van der Waals surface area contributed by atoms with Crippen molar-refractivity contribution in [1.29, 1.82) is 0 Å². The van der Waals surface area contributed by atoms with Crippen LogP contribution in [0.1, 0.15) is 38.5 Å². The molecule has 1 aliphatic carbocycles. The molecule has 0 amide bonds. The molecule has 1 rings (SSSR count). The van der Waals surface area contributed by atoms with E-state index in [2.05, 4.69) is 42.9 Å². The Morgan fingerprint density at radius 3 is 1.92 bits per heavy atom. The highest BCUT2D eigenvalue weighted by atomic mass is 13.9. The Labute approximate surface area is 82.0 Å². The van der Waals surface area contributed by atoms with Gasteiger partial charge in [-0.05, 0) is 44.9 Å². The number of hydrogen-bond acceptors (Lipinski definition) is 0. The lowest BCUT2D eigenvalue weighted by atomic mass is 10.1. The highest BCUT2D eigenvalue weighted by Crippen LogP contribution is 2.05. The zero-order chi connectivity index (χ0) is 9.19. The zero-order valence-corrected chi connectivity index (χ0v) is 8.28. The average Bonchev–Trinajstić information content (AvgIpc) is 2.18. The van der Waals surface area contributed by atoms with E-state index in [-0.39, 0.29) is 0 Å². The van der Waals surface area contributed by atoms with E-state index >= 15 is 0 Å². The lowest BCUT2D eigenvalue weighted by molar-refractivity contribution is 0.810. The summed E-state index contributed by atoms with van der Waals surface area (Å²) in [7, 11) is 0. The van der Waals surface area contributed by atoms with Crippen LogP contribution in [0.5, 0.6) is 0 Å². The molecule has 0 atom stereocenters. The molecule has 0 unspecified atom stereocenters. The van der Waals surface area contributed by atoms with Gasteiger partial charge in [-0.15, -0.1) is 0 Å². The quantitative estimate of drug-likeness (QED) is 0.484. The minimum absolute atomic E-state index is 1.08. The number of rotatable bonds is 0. The molecule has 0 fully saturated rings. The standard InChI is InChI=1S/C13H19/c1-2-4-6-8-10-12-13-11-9-7-5-3-1/h1-2,5-8,11H,3-4,9-10,12-13H2/b2-1-,7-5-,8-6-. The van der Waals surface area contributed by atoms with Gasteiger partial charge in [0.1, 0.15) is 0 Å². The number of allylic oxidation sites excluding steroid dienone is 6. The van der Waals surface area contributed by atoms with Crippen molar-refractivity contribution in [1.82, 2.24) is 0 Å². The summed E-state index contributed by atoms with van der Waals surface area (Å²) in [6, 6.07) is 0. The van der Waals surface area contributed by atoms with Crippen molar-refractivity contribution in [3.8, 4) is 0 Å². The first-order chi connectivity index (χ1) is 6.50. The Balaban J connectivity index is 2.28. The summed E-state index contributed by atoms with van der Waals surface area (Å²) in [4.78, 5) is 0. The fraction of sp³-hybridized carbons (Fsp3) is 0.462. The smallest absolute Gasteiger partial charge is 0.0169 e. The van der Waals surface area contributed by atoms with Crippen LogP contribution in [0.25, 0.3) is 0 Å². The Bertz CT molecular complexity index is 164. The maximum Gasteiger partial charge on any atom is -0.0169 e. The molecule has 0 spiro atoms. The average molecular weight is 175 g/mol. The molecule has 0 N–H and O–H groups in total. The minimum atomic E-state index is 1.08. The predicted molar refractivity (Wildman–Crippen MR) is 59.4 cm³/mol. The van der Waals surface area contributed by atoms with Crippen LogP contribution in [0.2, 0.25) is 0 Å². The van der Waals surface area contributed by atoms with Gasteiger partial charge in [-0.1, -0.05) is 36.5 Å². The molecule has 13 heavy (non-hydrogen) atoms. The molecule has 0 aromatic rings. The van der Waals surface area contributed by atoms with Gasteiger partial charge in [0, 0.05) is 0 Å². The second-order valence-corrected chi connectivity index (χ2v) is 3.34. The van der Waals surface area contributed by atoms with E-state index < -0.39 is 0 Å². The summed E-state index contributed by atoms with van der Waals surface area (Å²) >= 11 is 0. The van der Waals surface area contributed by atoms with Crippen molar-refractivity contribution in [2.45, 2.75) is 38.5 Å². The fourth-order valence-electron chi connectivity index (χ4n) is 1.35. The predicted octanol–water partition coefficient (Wildman–Crippen LogP) is 4.21. The second kappa shape index (κ2) is 7.85. The van der Waals surface area contributed by atoms with Crippen molar-refractivity contribution in [3.63, 3.8) is 0 Å². The Morgan fingerprint density at radius 2 is 1.15 bits per heavy atom. The van der Waals surface area contributed by atoms with Gasteiger partial charge in [0.15, 0.2) is 0 Å². The molecular weight excluding hydrogens is 156 g/mol. The molecule has 0 saturated heterocycles. The van der Waals surface area contributed by atoms with Gasteiger partial charge in [0.05, 0.1) is 0 Å². The normalized spacial score (nSPS) is 27.7. The van der Waals surface area contributed by atoms with Crippen LogP contribution in [0.15, 0.2) is 36.5 Å². The monoisotopic (exact) mass is 175 g/mol. The highest BCUT2D eigenvalue weighted by Gasteiger charge is 1.86. The van der Waals surface area contributed by atoms with E-state index in [4.69, 9.17) is 0 Å². The van der Waals surface area contributed by atoms with Gasteiger partial charge in [0.25, 0.3) is 0 Å². The van der Waals surface area contributed by atoms with E-state index in [1.165, 1.54) is 19.3 Å². The van der Waals surface area contributed by atoms with E-state index in [9.17, 15) is 0 Å². The van der Waals surface area contributed by atoms with Gasteiger partial charge in [-0.25, -0.2) is 0 Å². The summed E-state index contributed by atoms with van der Waals surface area (Å²) < 4.78 is 0. The minimum Gasteiger partial charge on any atom is -0.0882 e. The Kier molecular flexibility index (Phi) is 6.22.